The molecule has 1 aliphatic rings. The number of morpholine rings is 1. The van der Waals surface area contributed by atoms with Gasteiger partial charge in [-0.25, -0.2) is 9.37 Å². The van der Waals surface area contributed by atoms with Crippen molar-refractivity contribution in [2.75, 3.05) is 24.7 Å². The highest BCUT2D eigenvalue weighted by atomic mass is 35.5. The standard InChI is InChI=1S/C11H14ClFN2O/c1-8-7-16-3-2-15(8)11-9(5-12)4-10(13)6-14-11/h4,6,8H,2-3,5,7H2,1H3. The number of hydrogen-bond donors (Lipinski definition) is 0. The zero-order valence-corrected chi connectivity index (χ0v) is 9.88. The summed E-state index contributed by atoms with van der Waals surface area (Å²) in [6, 6.07) is 1.69. The van der Waals surface area contributed by atoms with E-state index in [4.69, 9.17) is 16.3 Å². The van der Waals surface area contributed by atoms with E-state index in [0.717, 1.165) is 17.9 Å². The van der Waals surface area contributed by atoms with Gasteiger partial charge in [0.15, 0.2) is 0 Å². The fourth-order valence-electron chi connectivity index (χ4n) is 1.87. The van der Waals surface area contributed by atoms with Gasteiger partial charge in [-0.1, -0.05) is 0 Å². The second-order valence-electron chi connectivity index (χ2n) is 3.89. The lowest BCUT2D eigenvalue weighted by molar-refractivity contribution is 0.0984. The van der Waals surface area contributed by atoms with Crippen molar-refractivity contribution in [2.45, 2.75) is 18.8 Å². The Hall–Kier alpha value is -0.870. The lowest BCUT2D eigenvalue weighted by atomic mass is 10.2. The van der Waals surface area contributed by atoms with Crippen molar-refractivity contribution in [1.29, 1.82) is 0 Å². The van der Waals surface area contributed by atoms with Gasteiger partial charge in [-0.15, -0.1) is 11.6 Å². The van der Waals surface area contributed by atoms with Crippen LogP contribution in [-0.2, 0) is 10.6 Å². The van der Waals surface area contributed by atoms with Gasteiger partial charge < -0.3 is 9.64 Å². The van der Waals surface area contributed by atoms with Crippen molar-refractivity contribution in [1.82, 2.24) is 4.98 Å². The quantitative estimate of drug-likeness (QED) is 0.746. The highest BCUT2D eigenvalue weighted by Crippen LogP contribution is 2.23. The molecule has 1 unspecified atom stereocenters. The van der Waals surface area contributed by atoms with E-state index in [-0.39, 0.29) is 17.7 Å². The van der Waals surface area contributed by atoms with Crippen molar-refractivity contribution >= 4 is 17.4 Å². The average molecular weight is 245 g/mol. The summed E-state index contributed by atoms with van der Waals surface area (Å²) in [4.78, 5) is 6.25. The molecule has 0 radical (unpaired) electrons. The number of nitrogens with zero attached hydrogens (tertiary/aromatic N) is 2. The topological polar surface area (TPSA) is 25.4 Å². The van der Waals surface area contributed by atoms with Crippen LogP contribution in [0.15, 0.2) is 12.3 Å². The molecule has 0 N–H and O–H groups in total. The first kappa shape index (κ1) is 11.6. The molecule has 0 aromatic carbocycles. The van der Waals surface area contributed by atoms with Gasteiger partial charge in [-0.3, -0.25) is 0 Å². The van der Waals surface area contributed by atoms with Crippen LogP contribution in [0.3, 0.4) is 0 Å². The summed E-state index contributed by atoms with van der Waals surface area (Å²) < 4.78 is 18.4. The Morgan fingerprint density at radius 2 is 2.50 bits per heavy atom. The van der Waals surface area contributed by atoms with Crippen LogP contribution in [0.5, 0.6) is 0 Å². The molecule has 1 aliphatic heterocycles. The molecule has 0 spiro atoms. The molecule has 1 saturated heterocycles. The summed E-state index contributed by atoms with van der Waals surface area (Å²) >= 11 is 5.81. The maximum atomic E-state index is 13.0. The van der Waals surface area contributed by atoms with Crippen LogP contribution in [0, 0.1) is 5.82 Å². The minimum absolute atomic E-state index is 0.244. The number of alkyl halides is 1. The monoisotopic (exact) mass is 244 g/mol. The van der Waals surface area contributed by atoms with Gasteiger partial charge >= 0.3 is 0 Å². The summed E-state index contributed by atoms with van der Waals surface area (Å²) in [5.74, 6) is 0.692. The van der Waals surface area contributed by atoms with Gasteiger partial charge in [0.05, 0.1) is 31.3 Å². The minimum Gasteiger partial charge on any atom is -0.377 e. The maximum absolute atomic E-state index is 13.0. The van der Waals surface area contributed by atoms with Gasteiger partial charge in [0, 0.05) is 12.1 Å². The second-order valence-corrected chi connectivity index (χ2v) is 4.15. The van der Waals surface area contributed by atoms with E-state index in [1.807, 2.05) is 0 Å². The first-order chi connectivity index (χ1) is 7.72. The molecule has 0 bridgehead atoms. The van der Waals surface area contributed by atoms with Crippen molar-refractivity contribution < 1.29 is 9.13 Å². The lowest BCUT2D eigenvalue weighted by Gasteiger charge is -2.35. The third-order valence-corrected chi connectivity index (χ3v) is 2.98. The van der Waals surface area contributed by atoms with Crippen LogP contribution in [0.2, 0.25) is 0 Å². The molecule has 1 aromatic heterocycles. The lowest BCUT2D eigenvalue weighted by Crippen LogP contribution is -2.44. The fraction of sp³-hybridized carbons (Fsp3) is 0.545. The molecule has 0 aliphatic carbocycles. The van der Waals surface area contributed by atoms with Crippen LogP contribution in [0.1, 0.15) is 12.5 Å². The second kappa shape index (κ2) is 4.97. The number of hydrogen-bond acceptors (Lipinski definition) is 3. The Bertz CT molecular complexity index is 375. The number of aromatic nitrogens is 1. The third-order valence-electron chi connectivity index (χ3n) is 2.69. The summed E-state index contributed by atoms with van der Waals surface area (Å²) in [6.45, 7) is 4.16. The smallest absolute Gasteiger partial charge is 0.141 e. The normalized spacial score (nSPS) is 21.2. The van der Waals surface area contributed by atoms with E-state index in [2.05, 4.69) is 16.8 Å². The molecule has 1 fully saturated rings. The molecule has 5 heteroatoms. The average Bonchev–Trinajstić information content (AvgIpc) is 2.30. The zero-order valence-electron chi connectivity index (χ0n) is 9.12. The van der Waals surface area contributed by atoms with E-state index >= 15 is 0 Å². The van der Waals surface area contributed by atoms with Crippen molar-refractivity contribution in [3.05, 3.63) is 23.6 Å². The Labute approximate surface area is 99.2 Å². The Morgan fingerprint density at radius 3 is 3.19 bits per heavy atom. The zero-order chi connectivity index (χ0) is 11.5. The van der Waals surface area contributed by atoms with Crippen LogP contribution in [0.25, 0.3) is 0 Å². The number of ether oxygens (including phenoxy) is 1. The van der Waals surface area contributed by atoms with Gasteiger partial charge in [0.25, 0.3) is 0 Å². The van der Waals surface area contributed by atoms with Gasteiger partial charge in [-0.2, -0.15) is 0 Å². The maximum Gasteiger partial charge on any atom is 0.141 e. The Morgan fingerprint density at radius 1 is 1.69 bits per heavy atom. The summed E-state index contributed by atoms with van der Waals surface area (Å²) in [6.07, 6.45) is 1.23. The van der Waals surface area contributed by atoms with Crippen molar-refractivity contribution in [2.24, 2.45) is 0 Å². The molecule has 0 saturated carbocycles. The summed E-state index contributed by atoms with van der Waals surface area (Å²) in [5, 5.41) is 0. The van der Waals surface area contributed by atoms with E-state index in [1.54, 1.807) is 0 Å². The number of pyridine rings is 1. The van der Waals surface area contributed by atoms with Crippen LogP contribution in [-0.4, -0.2) is 30.8 Å². The first-order valence-corrected chi connectivity index (χ1v) is 5.80. The summed E-state index contributed by atoms with van der Waals surface area (Å²) in [5.41, 5.74) is 0.732. The van der Waals surface area contributed by atoms with E-state index in [9.17, 15) is 4.39 Å². The molecule has 2 rings (SSSR count). The van der Waals surface area contributed by atoms with Crippen LogP contribution >= 0.6 is 11.6 Å². The van der Waals surface area contributed by atoms with Gasteiger partial charge in [0.1, 0.15) is 11.6 Å². The Balaban J connectivity index is 2.30. The molecule has 2 heterocycles. The number of rotatable bonds is 2. The minimum atomic E-state index is -0.347. The van der Waals surface area contributed by atoms with Crippen LogP contribution < -0.4 is 4.90 Å². The molecular formula is C11H14ClFN2O. The highest BCUT2D eigenvalue weighted by Gasteiger charge is 2.22. The molecule has 3 nitrogen and oxygen atoms in total. The summed E-state index contributed by atoms with van der Waals surface area (Å²) in [7, 11) is 0. The predicted octanol–water partition coefficient (Wildman–Crippen LogP) is 2.18. The molecule has 1 atom stereocenters. The van der Waals surface area contributed by atoms with Gasteiger partial charge in [0.2, 0.25) is 0 Å². The van der Waals surface area contributed by atoms with Crippen molar-refractivity contribution in [3.63, 3.8) is 0 Å². The molecular weight excluding hydrogens is 231 g/mol. The first-order valence-electron chi connectivity index (χ1n) is 5.27. The largest absolute Gasteiger partial charge is 0.377 e. The SMILES string of the molecule is CC1COCCN1c1ncc(F)cc1CCl. The Kier molecular flexibility index (Phi) is 3.61. The molecule has 88 valence electrons. The van der Waals surface area contributed by atoms with Crippen LogP contribution in [0.4, 0.5) is 10.2 Å². The predicted molar refractivity (Wildman–Crippen MR) is 61.4 cm³/mol. The van der Waals surface area contributed by atoms with E-state index in [0.29, 0.717) is 13.2 Å². The third kappa shape index (κ3) is 2.28. The highest BCUT2D eigenvalue weighted by molar-refractivity contribution is 6.17. The molecule has 0 amide bonds. The fourth-order valence-corrected chi connectivity index (χ4v) is 2.07. The van der Waals surface area contributed by atoms with Crippen molar-refractivity contribution in [3.8, 4) is 0 Å². The molecule has 1 aromatic rings. The number of anilines is 1. The van der Waals surface area contributed by atoms with Gasteiger partial charge in [-0.05, 0) is 13.0 Å². The van der Waals surface area contributed by atoms with E-state index < -0.39 is 0 Å². The number of halogens is 2. The molecule has 16 heavy (non-hydrogen) atoms. The van der Waals surface area contributed by atoms with E-state index in [1.165, 1.54) is 12.3 Å².